The highest BCUT2D eigenvalue weighted by atomic mass is 127. The Hall–Kier alpha value is -0.0400. The Morgan fingerprint density at radius 2 is 2.15 bits per heavy atom. The Morgan fingerprint density at radius 1 is 1.54 bits per heavy atom. The van der Waals surface area contributed by atoms with E-state index in [2.05, 4.69) is 4.98 Å². The van der Waals surface area contributed by atoms with Crippen molar-refractivity contribution in [3.05, 3.63) is 26.8 Å². The molecular weight excluding hydrogens is 317 g/mol. The molecule has 0 amide bonds. The van der Waals surface area contributed by atoms with E-state index in [1.807, 2.05) is 0 Å². The van der Waals surface area contributed by atoms with Gasteiger partial charge in [0.15, 0.2) is 0 Å². The zero-order valence-electron chi connectivity index (χ0n) is 6.20. The van der Waals surface area contributed by atoms with E-state index >= 15 is 0 Å². The number of nitrogens with zero attached hydrogens (tertiary/aromatic N) is 1. The Kier molecular flexibility index (Phi) is 3.78. The summed E-state index contributed by atoms with van der Waals surface area (Å²) in [5.74, 6) is -1.22. The van der Waals surface area contributed by atoms with Gasteiger partial charge in [0.2, 0.25) is 5.95 Å². The van der Waals surface area contributed by atoms with Crippen molar-refractivity contribution in [2.75, 3.05) is 0 Å². The van der Waals surface area contributed by atoms with E-state index in [0.29, 0.717) is 0 Å². The van der Waals surface area contributed by atoms with Crippen LogP contribution in [-0.2, 0) is 5.88 Å². The van der Waals surface area contributed by atoms with Gasteiger partial charge in [0, 0.05) is 11.1 Å². The molecule has 0 spiro atoms. The van der Waals surface area contributed by atoms with Gasteiger partial charge in [-0.05, 0) is 28.7 Å². The normalized spacial score (nSPS) is 10.9. The van der Waals surface area contributed by atoms with Gasteiger partial charge in [0.1, 0.15) is 3.70 Å². The molecule has 0 aromatic carbocycles. The Balaban J connectivity index is 3.29. The second-order valence-electron chi connectivity index (χ2n) is 2.24. The van der Waals surface area contributed by atoms with Crippen molar-refractivity contribution in [3.8, 4) is 0 Å². The lowest BCUT2D eigenvalue weighted by atomic mass is 10.1. The third-order valence-electron chi connectivity index (χ3n) is 1.45. The quantitative estimate of drug-likeness (QED) is 0.461. The van der Waals surface area contributed by atoms with E-state index in [4.69, 9.17) is 11.6 Å². The molecular formula is C7H4ClF3IN. The zero-order valence-corrected chi connectivity index (χ0v) is 9.11. The minimum atomic E-state index is -2.72. The maximum atomic E-state index is 12.9. The predicted molar refractivity (Wildman–Crippen MR) is 51.4 cm³/mol. The van der Waals surface area contributed by atoms with Crippen LogP contribution in [0, 0.1) is 9.65 Å². The lowest BCUT2D eigenvalue weighted by Crippen LogP contribution is -2.01. The van der Waals surface area contributed by atoms with Gasteiger partial charge in [0.25, 0.3) is 6.43 Å². The minimum absolute atomic E-state index is 0.194. The predicted octanol–water partition coefficient (Wildman–Crippen LogP) is 3.50. The molecule has 0 aliphatic rings. The molecule has 0 N–H and O–H groups in total. The van der Waals surface area contributed by atoms with Gasteiger partial charge < -0.3 is 0 Å². The standard InChI is InChI=1S/C7H4ClF3IN/c8-2-4-3(6(9)10)1-5(12)13-7(4)11/h1,6H,2H2. The van der Waals surface area contributed by atoms with Crippen LogP contribution in [-0.4, -0.2) is 4.98 Å². The summed E-state index contributed by atoms with van der Waals surface area (Å²) in [6.45, 7) is 0. The minimum Gasteiger partial charge on any atom is -0.213 e. The molecule has 0 saturated heterocycles. The van der Waals surface area contributed by atoms with Gasteiger partial charge in [-0.3, -0.25) is 0 Å². The number of hydrogen-bond donors (Lipinski definition) is 0. The fraction of sp³-hybridized carbons (Fsp3) is 0.286. The summed E-state index contributed by atoms with van der Waals surface area (Å²) in [6, 6.07) is 1.13. The lowest BCUT2D eigenvalue weighted by Gasteiger charge is -2.06. The second kappa shape index (κ2) is 4.45. The van der Waals surface area contributed by atoms with Crippen molar-refractivity contribution in [1.82, 2.24) is 4.98 Å². The van der Waals surface area contributed by atoms with E-state index < -0.39 is 12.4 Å². The number of hydrogen-bond acceptors (Lipinski definition) is 1. The van der Waals surface area contributed by atoms with E-state index in [-0.39, 0.29) is 20.7 Å². The highest BCUT2D eigenvalue weighted by Crippen LogP contribution is 2.26. The van der Waals surface area contributed by atoms with Crippen LogP contribution in [0.1, 0.15) is 17.6 Å². The number of pyridine rings is 1. The van der Waals surface area contributed by atoms with Crippen molar-refractivity contribution < 1.29 is 13.2 Å². The van der Waals surface area contributed by atoms with E-state index in [0.717, 1.165) is 6.07 Å². The van der Waals surface area contributed by atoms with E-state index in [1.54, 1.807) is 22.6 Å². The summed E-state index contributed by atoms with van der Waals surface area (Å²) in [7, 11) is 0. The highest BCUT2D eigenvalue weighted by molar-refractivity contribution is 14.1. The third-order valence-corrected chi connectivity index (χ3v) is 2.27. The van der Waals surface area contributed by atoms with Gasteiger partial charge in [-0.1, -0.05) is 0 Å². The van der Waals surface area contributed by atoms with Crippen LogP contribution >= 0.6 is 34.2 Å². The average Bonchev–Trinajstić information content (AvgIpc) is 2.02. The number of halogens is 5. The molecule has 1 heterocycles. The van der Waals surface area contributed by atoms with Crippen molar-refractivity contribution in [2.45, 2.75) is 12.3 Å². The SMILES string of the molecule is Fc1nc(I)cc(C(F)F)c1CCl. The van der Waals surface area contributed by atoms with Crippen LogP contribution in [0.2, 0.25) is 0 Å². The van der Waals surface area contributed by atoms with Crippen molar-refractivity contribution >= 4 is 34.2 Å². The molecule has 13 heavy (non-hydrogen) atoms. The highest BCUT2D eigenvalue weighted by Gasteiger charge is 2.17. The van der Waals surface area contributed by atoms with Crippen LogP contribution in [0.15, 0.2) is 6.07 Å². The van der Waals surface area contributed by atoms with Crippen LogP contribution < -0.4 is 0 Å². The van der Waals surface area contributed by atoms with Crippen LogP contribution in [0.4, 0.5) is 13.2 Å². The average molecular weight is 321 g/mol. The van der Waals surface area contributed by atoms with Gasteiger partial charge >= 0.3 is 0 Å². The molecule has 0 radical (unpaired) electrons. The van der Waals surface area contributed by atoms with Crippen molar-refractivity contribution in [1.29, 1.82) is 0 Å². The van der Waals surface area contributed by atoms with Crippen LogP contribution in [0.3, 0.4) is 0 Å². The topological polar surface area (TPSA) is 12.9 Å². The Labute approximate surface area is 91.4 Å². The molecule has 0 aliphatic heterocycles. The van der Waals surface area contributed by atoms with Crippen molar-refractivity contribution in [2.24, 2.45) is 0 Å². The van der Waals surface area contributed by atoms with E-state index in [9.17, 15) is 13.2 Å². The number of aromatic nitrogens is 1. The monoisotopic (exact) mass is 321 g/mol. The fourth-order valence-electron chi connectivity index (χ4n) is 0.855. The third kappa shape index (κ3) is 2.46. The van der Waals surface area contributed by atoms with E-state index in [1.165, 1.54) is 0 Å². The smallest absolute Gasteiger partial charge is 0.213 e. The molecule has 0 aliphatic carbocycles. The van der Waals surface area contributed by atoms with Crippen molar-refractivity contribution in [3.63, 3.8) is 0 Å². The molecule has 0 atom stereocenters. The molecule has 1 aromatic heterocycles. The van der Waals surface area contributed by atoms with Crippen LogP contribution in [0.25, 0.3) is 0 Å². The summed E-state index contributed by atoms with van der Waals surface area (Å²) < 4.78 is 37.8. The molecule has 72 valence electrons. The maximum absolute atomic E-state index is 12.9. The summed E-state index contributed by atoms with van der Waals surface area (Å²) in [6.07, 6.45) is -2.72. The molecule has 0 bridgehead atoms. The maximum Gasteiger partial charge on any atom is 0.264 e. The first-order valence-corrected chi connectivity index (χ1v) is 4.86. The molecule has 1 nitrogen and oxygen atoms in total. The fourth-order valence-corrected chi connectivity index (χ4v) is 1.67. The van der Waals surface area contributed by atoms with Gasteiger partial charge in [-0.15, -0.1) is 11.6 Å². The first-order chi connectivity index (χ1) is 6.06. The van der Waals surface area contributed by atoms with Crippen LogP contribution in [0.5, 0.6) is 0 Å². The molecule has 1 rings (SSSR count). The molecule has 0 saturated carbocycles. The molecule has 1 aromatic rings. The van der Waals surface area contributed by atoms with Gasteiger partial charge in [-0.25, -0.2) is 13.8 Å². The number of rotatable bonds is 2. The lowest BCUT2D eigenvalue weighted by molar-refractivity contribution is 0.149. The molecule has 0 fully saturated rings. The Morgan fingerprint density at radius 3 is 2.62 bits per heavy atom. The number of alkyl halides is 3. The second-order valence-corrected chi connectivity index (χ2v) is 3.61. The summed E-state index contributed by atoms with van der Waals surface area (Å²) in [5, 5.41) is 0. The first-order valence-electron chi connectivity index (χ1n) is 3.25. The van der Waals surface area contributed by atoms with Gasteiger partial charge in [0.05, 0.1) is 5.88 Å². The largest absolute Gasteiger partial charge is 0.264 e. The van der Waals surface area contributed by atoms with Gasteiger partial charge in [-0.2, -0.15) is 4.39 Å². The first kappa shape index (κ1) is 11.0. The summed E-state index contributed by atoms with van der Waals surface area (Å²) in [5.41, 5.74) is -0.607. The molecule has 0 unspecified atom stereocenters. The molecule has 6 heteroatoms. The summed E-state index contributed by atoms with van der Waals surface area (Å²) in [4.78, 5) is 3.39. The Bertz CT molecular complexity index is 319. The summed E-state index contributed by atoms with van der Waals surface area (Å²) >= 11 is 6.99. The zero-order chi connectivity index (χ0) is 10.0.